The molecular formula is C44H48N8O6. The van der Waals surface area contributed by atoms with Crippen molar-refractivity contribution in [2.24, 2.45) is 11.7 Å². The highest BCUT2D eigenvalue weighted by molar-refractivity contribution is 5.85. The van der Waals surface area contributed by atoms with E-state index in [-0.39, 0.29) is 35.9 Å². The Labute approximate surface area is 336 Å². The molecule has 5 N–H and O–H groups in total. The molecule has 5 atom stereocenters. The third kappa shape index (κ3) is 8.04. The number of methoxy groups -OCH3 is 1. The number of imidazole rings is 2. The van der Waals surface area contributed by atoms with E-state index in [0.29, 0.717) is 24.5 Å². The first-order valence-corrected chi connectivity index (χ1v) is 20.0. The van der Waals surface area contributed by atoms with Crippen LogP contribution in [-0.2, 0) is 19.1 Å². The molecule has 2 aliphatic heterocycles. The normalized spacial score (nSPS) is 21.1. The van der Waals surface area contributed by atoms with E-state index in [9.17, 15) is 19.2 Å². The lowest BCUT2D eigenvalue weighted by Gasteiger charge is -2.35. The van der Waals surface area contributed by atoms with Gasteiger partial charge >= 0.3 is 12.2 Å². The van der Waals surface area contributed by atoms with E-state index in [0.717, 1.165) is 90.8 Å². The van der Waals surface area contributed by atoms with Crippen LogP contribution in [0.1, 0.15) is 86.8 Å². The number of aromatic amines is 2. The Hall–Kier alpha value is -6.44. The van der Waals surface area contributed by atoms with E-state index < -0.39 is 18.3 Å². The molecule has 0 bridgehead atoms. The molecule has 58 heavy (non-hydrogen) atoms. The van der Waals surface area contributed by atoms with Crippen LogP contribution in [0.4, 0.5) is 9.59 Å². The Balaban J connectivity index is 0.915. The summed E-state index contributed by atoms with van der Waals surface area (Å²) >= 11 is 0. The van der Waals surface area contributed by atoms with Gasteiger partial charge in [0.2, 0.25) is 12.0 Å². The minimum atomic E-state index is -1.13. The summed E-state index contributed by atoms with van der Waals surface area (Å²) in [4.78, 5) is 71.3. The molecule has 2 saturated heterocycles. The fraction of sp³-hybridized carbons (Fsp3) is 0.364. The van der Waals surface area contributed by atoms with Crippen LogP contribution >= 0.6 is 0 Å². The van der Waals surface area contributed by atoms with E-state index in [1.165, 1.54) is 7.11 Å². The highest BCUT2D eigenvalue weighted by Gasteiger charge is 2.41. The predicted octanol–water partition coefficient (Wildman–Crippen LogP) is 7.21. The Kier molecular flexibility index (Phi) is 11.2. The van der Waals surface area contributed by atoms with Gasteiger partial charge in [-0.1, -0.05) is 91.7 Å². The maximum Gasteiger partial charge on any atom is 0.407 e. The van der Waals surface area contributed by atoms with Crippen molar-refractivity contribution in [3.63, 3.8) is 0 Å². The highest BCUT2D eigenvalue weighted by Crippen LogP contribution is 2.37. The number of benzene rings is 3. The standard InChI is InChI=1S/C44H48N8O6/c1-57-44(56)50-33-12-6-5-11-32(33)41(53)51-23-7-13-36(51)39-46-25-34(48-39)29-19-15-27(16-20-29)28-17-21-30(22-18-28)35-26-47-40(49-35)37-14-8-24-52(37)42(54)38(58-43(45)55)31-9-3-2-4-10-31/h2-4,9-10,15-22,25-26,32-33,36-38H,5-8,11-14,23-24H2,1H3,(H2,45,55)(H,46,48)(H,47,49)(H,50,56)/t32-,33+,36-,37-,38+/m0/s1. The molecule has 1 aliphatic carbocycles. The molecule has 14 heteroatoms. The molecule has 300 valence electrons. The summed E-state index contributed by atoms with van der Waals surface area (Å²) in [6.07, 6.45) is 7.66. The van der Waals surface area contributed by atoms with Crippen LogP contribution in [0, 0.1) is 5.92 Å². The van der Waals surface area contributed by atoms with E-state index in [4.69, 9.17) is 20.2 Å². The van der Waals surface area contributed by atoms with Gasteiger partial charge in [0.15, 0.2) is 0 Å². The van der Waals surface area contributed by atoms with Crippen molar-refractivity contribution in [2.45, 2.75) is 75.6 Å². The maximum absolute atomic E-state index is 13.9. The van der Waals surface area contributed by atoms with Gasteiger partial charge in [-0.15, -0.1) is 0 Å². The first-order valence-electron chi connectivity index (χ1n) is 20.0. The number of carbonyl (C=O) groups is 4. The van der Waals surface area contributed by atoms with Gasteiger partial charge in [-0.2, -0.15) is 0 Å². The Morgan fingerprint density at radius 2 is 1.24 bits per heavy atom. The summed E-state index contributed by atoms with van der Waals surface area (Å²) in [7, 11) is 1.34. The molecule has 8 rings (SSSR count). The smallest absolute Gasteiger partial charge is 0.407 e. The fourth-order valence-corrected chi connectivity index (χ4v) is 8.80. The number of ether oxygens (including phenoxy) is 2. The minimum absolute atomic E-state index is 0.0725. The SMILES string of the molecule is COC(=O)N[C@@H]1CCCC[C@@H]1C(=O)N1CCC[C@H]1c1ncc(-c2ccc(-c3ccc(-c4cnc([C@@H]5CCCN5C(=O)[C@H](OC(N)=O)c5ccccc5)[nH]4)cc3)cc2)[nH]1. The summed E-state index contributed by atoms with van der Waals surface area (Å²) in [5, 5.41) is 2.89. The van der Waals surface area contributed by atoms with Gasteiger partial charge in [0.05, 0.1) is 48.9 Å². The number of amides is 4. The monoisotopic (exact) mass is 784 g/mol. The number of rotatable bonds is 10. The lowest BCUT2D eigenvalue weighted by atomic mass is 9.83. The minimum Gasteiger partial charge on any atom is -0.453 e. The molecule has 4 amide bonds. The molecule has 4 heterocycles. The molecule has 0 unspecified atom stereocenters. The van der Waals surface area contributed by atoms with Crippen molar-refractivity contribution in [1.82, 2.24) is 35.1 Å². The lowest BCUT2D eigenvalue weighted by molar-refractivity contribution is -0.141. The lowest BCUT2D eigenvalue weighted by Crippen LogP contribution is -2.49. The van der Waals surface area contributed by atoms with Gasteiger partial charge in [-0.25, -0.2) is 19.6 Å². The maximum atomic E-state index is 13.9. The van der Waals surface area contributed by atoms with Crippen LogP contribution in [0.2, 0.25) is 0 Å². The van der Waals surface area contributed by atoms with E-state index in [1.807, 2.05) is 29.3 Å². The molecule has 1 saturated carbocycles. The van der Waals surface area contributed by atoms with Crippen LogP contribution in [0.3, 0.4) is 0 Å². The second kappa shape index (κ2) is 17.0. The third-order valence-electron chi connectivity index (χ3n) is 11.8. The molecule has 3 aromatic carbocycles. The van der Waals surface area contributed by atoms with E-state index >= 15 is 0 Å². The number of H-pyrrole nitrogens is 2. The van der Waals surface area contributed by atoms with Crippen molar-refractivity contribution in [3.05, 3.63) is 108 Å². The van der Waals surface area contributed by atoms with Crippen molar-refractivity contribution >= 4 is 24.0 Å². The Morgan fingerprint density at radius 1 is 0.707 bits per heavy atom. The molecule has 0 spiro atoms. The van der Waals surface area contributed by atoms with Crippen LogP contribution < -0.4 is 11.1 Å². The number of hydrogen-bond donors (Lipinski definition) is 4. The number of nitrogens with two attached hydrogens (primary N) is 1. The summed E-state index contributed by atoms with van der Waals surface area (Å²) in [6, 6.07) is 24.7. The van der Waals surface area contributed by atoms with Crippen molar-refractivity contribution in [3.8, 4) is 33.6 Å². The zero-order valence-electron chi connectivity index (χ0n) is 32.4. The second-order valence-corrected chi connectivity index (χ2v) is 15.3. The van der Waals surface area contributed by atoms with Gasteiger partial charge < -0.3 is 40.3 Å². The van der Waals surface area contributed by atoms with Gasteiger partial charge in [0.1, 0.15) is 11.6 Å². The number of primary amides is 1. The van der Waals surface area contributed by atoms with Gasteiger partial charge in [-0.05, 0) is 60.8 Å². The number of nitrogens with one attached hydrogen (secondary N) is 3. The summed E-state index contributed by atoms with van der Waals surface area (Å²) < 4.78 is 10.1. The van der Waals surface area contributed by atoms with E-state index in [2.05, 4.69) is 56.7 Å². The summed E-state index contributed by atoms with van der Waals surface area (Å²) in [6.45, 7) is 1.18. The zero-order valence-corrected chi connectivity index (χ0v) is 32.4. The van der Waals surface area contributed by atoms with Crippen molar-refractivity contribution < 1.29 is 28.7 Å². The van der Waals surface area contributed by atoms with Crippen molar-refractivity contribution in [2.75, 3.05) is 20.2 Å². The molecule has 3 aliphatic rings. The Morgan fingerprint density at radius 3 is 1.81 bits per heavy atom. The number of alkyl carbamates (subject to hydrolysis) is 1. The first kappa shape index (κ1) is 38.4. The van der Waals surface area contributed by atoms with Gasteiger partial charge in [0, 0.05) is 24.7 Å². The van der Waals surface area contributed by atoms with Gasteiger partial charge in [0.25, 0.3) is 5.91 Å². The number of likely N-dealkylation sites (tertiary alicyclic amines) is 2. The van der Waals surface area contributed by atoms with Crippen LogP contribution in [-0.4, -0.2) is 80.0 Å². The highest BCUT2D eigenvalue weighted by atomic mass is 16.6. The number of carbonyl (C=O) groups excluding carboxylic acids is 4. The first-order chi connectivity index (χ1) is 28.3. The molecular weight excluding hydrogens is 737 g/mol. The number of nitrogens with zero attached hydrogens (tertiary/aromatic N) is 4. The average Bonchev–Trinajstić information content (AvgIpc) is 4.10. The molecule has 2 aromatic heterocycles. The molecule has 5 aromatic rings. The number of hydrogen-bond acceptors (Lipinski definition) is 8. The quantitative estimate of drug-likeness (QED) is 0.114. The Bertz CT molecular complexity index is 2240. The van der Waals surface area contributed by atoms with Crippen LogP contribution in [0.25, 0.3) is 33.6 Å². The topological polar surface area (TPSA) is 189 Å². The average molecular weight is 785 g/mol. The zero-order chi connectivity index (χ0) is 40.2. The fourth-order valence-electron chi connectivity index (χ4n) is 8.80. The predicted molar refractivity (Wildman–Crippen MR) is 216 cm³/mol. The summed E-state index contributed by atoms with van der Waals surface area (Å²) in [5.41, 5.74) is 11.7. The molecule has 0 radical (unpaired) electrons. The largest absolute Gasteiger partial charge is 0.453 e. The van der Waals surface area contributed by atoms with Gasteiger partial charge in [-0.3, -0.25) is 9.59 Å². The summed E-state index contributed by atoms with van der Waals surface area (Å²) in [5.74, 6) is 0.917. The van der Waals surface area contributed by atoms with Crippen molar-refractivity contribution in [1.29, 1.82) is 0 Å². The third-order valence-corrected chi connectivity index (χ3v) is 11.8. The molecule has 14 nitrogen and oxygen atoms in total. The molecule has 3 fully saturated rings. The second-order valence-electron chi connectivity index (χ2n) is 15.3. The van der Waals surface area contributed by atoms with Crippen LogP contribution in [0.5, 0.6) is 0 Å². The number of aromatic nitrogens is 4. The van der Waals surface area contributed by atoms with E-state index in [1.54, 1.807) is 35.4 Å². The van der Waals surface area contributed by atoms with Crippen LogP contribution in [0.15, 0.2) is 91.3 Å².